The molecule has 5 atom stereocenters. The fourth-order valence-electron chi connectivity index (χ4n) is 7.16. The van der Waals surface area contributed by atoms with Crippen LogP contribution in [0, 0.1) is 16.7 Å². The Balaban J connectivity index is 1.79. The average Bonchev–Trinajstić information content (AvgIpc) is 2.73. The molecule has 32 heavy (non-hydrogen) atoms. The zero-order valence-electron chi connectivity index (χ0n) is 21.1. The number of nitrogens with zero attached hydrogens (tertiary/aromatic N) is 1. The molecule has 1 N–H and O–H groups in total. The van der Waals surface area contributed by atoms with Crippen molar-refractivity contribution in [1.82, 2.24) is 10.2 Å². The SMILES string of the molecule is CCCN(CCC)CC(C)NC(=O)C1(C)CC2CC(c3ccccc3)(C1)C[C@@](C)(CF)C2. The number of rotatable bonds is 10. The van der Waals surface area contributed by atoms with Gasteiger partial charge < -0.3 is 10.2 Å². The van der Waals surface area contributed by atoms with Crippen LogP contribution in [0.2, 0.25) is 0 Å². The summed E-state index contributed by atoms with van der Waals surface area (Å²) >= 11 is 0. The van der Waals surface area contributed by atoms with Crippen LogP contribution in [0.15, 0.2) is 30.3 Å². The Morgan fingerprint density at radius 1 is 1.09 bits per heavy atom. The number of amides is 1. The van der Waals surface area contributed by atoms with Crippen molar-refractivity contribution in [2.24, 2.45) is 16.7 Å². The molecule has 2 aliphatic rings. The normalized spacial score (nSPS) is 33.2. The molecule has 3 rings (SSSR count). The number of carbonyl (C=O) groups is 1. The number of fused-ring (bicyclic) bond motifs is 2. The molecule has 2 bridgehead atoms. The summed E-state index contributed by atoms with van der Waals surface area (Å²) in [6.07, 6.45) is 6.73. The maximum atomic E-state index is 14.1. The van der Waals surface area contributed by atoms with Gasteiger partial charge in [0.25, 0.3) is 0 Å². The van der Waals surface area contributed by atoms with Crippen LogP contribution >= 0.6 is 0 Å². The number of carbonyl (C=O) groups excluding carboxylic acids is 1. The molecule has 1 amide bonds. The largest absolute Gasteiger partial charge is 0.352 e. The van der Waals surface area contributed by atoms with Gasteiger partial charge in [0.1, 0.15) is 0 Å². The third-order valence-corrected chi connectivity index (χ3v) is 7.94. The van der Waals surface area contributed by atoms with E-state index in [0.717, 1.165) is 64.6 Å². The highest BCUT2D eigenvalue weighted by molar-refractivity contribution is 5.83. The first-order valence-corrected chi connectivity index (χ1v) is 12.8. The van der Waals surface area contributed by atoms with Crippen LogP contribution in [-0.4, -0.2) is 43.2 Å². The molecule has 0 radical (unpaired) electrons. The molecule has 0 aliphatic heterocycles. The van der Waals surface area contributed by atoms with Crippen molar-refractivity contribution in [3.05, 3.63) is 35.9 Å². The molecule has 180 valence electrons. The van der Waals surface area contributed by atoms with Crippen molar-refractivity contribution >= 4 is 5.91 Å². The minimum Gasteiger partial charge on any atom is -0.352 e. The van der Waals surface area contributed by atoms with E-state index in [0.29, 0.717) is 5.92 Å². The molecule has 1 aromatic carbocycles. The number of benzene rings is 1. The first-order chi connectivity index (χ1) is 15.2. The molecule has 0 heterocycles. The fourth-order valence-corrected chi connectivity index (χ4v) is 7.16. The van der Waals surface area contributed by atoms with E-state index in [2.05, 4.69) is 69.1 Å². The number of halogens is 1. The monoisotopic (exact) mass is 444 g/mol. The molecule has 1 aromatic rings. The molecule has 0 spiro atoms. The first-order valence-electron chi connectivity index (χ1n) is 12.8. The second-order valence-corrected chi connectivity index (χ2v) is 11.7. The lowest BCUT2D eigenvalue weighted by molar-refractivity contribution is -0.139. The van der Waals surface area contributed by atoms with Crippen molar-refractivity contribution in [1.29, 1.82) is 0 Å². The predicted octanol–water partition coefficient (Wildman–Crippen LogP) is 6.13. The highest BCUT2D eigenvalue weighted by Crippen LogP contribution is 2.61. The zero-order valence-corrected chi connectivity index (χ0v) is 21.1. The summed E-state index contributed by atoms with van der Waals surface area (Å²) in [7, 11) is 0. The topological polar surface area (TPSA) is 32.3 Å². The molecule has 0 saturated heterocycles. The number of hydrogen-bond acceptors (Lipinski definition) is 2. The fraction of sp³-hybridized carbons (Fsp3) is 0.750. The standard InChI is InChI=1S/C28H45FN2O/c1-6-13-31(14-7-2)18-22(3)30-25(32)27(5)16-23-15-26(4,21-29)19-28(17-23,20-27)24-11-9-8-10-12-24/h8-12,22-23H,6-7,13-21H2,1-5H3,(H,30,32)/t22?,23?,26-,27?,28?/m0/s1. The zero-order chi connectivity index (χ0) is 23.4. The van der Waals surface area contributed by atoms with Crippen molar-refractivity contribution < 1.29 is 9.18 Å². The Morgan fingerprint density at radius 3 is 2.34 bits per heavy atom. The van der Waals surface area contributed by atoms with Gasteiger partial charge in [0, 0.05) is 18.0 Å². The van der Waals surface area contributed by atoms with Crippen LogP contribution in [0.3, 0.4) is 0 Å². The van der Waals surface area contributed by atoms with Crippen LogP contribution in [0.5, 0.6) is 0 Å². The van der Waals surface area contributed by atoms with Gasteiger partial charge in [-0.1, -0.05) is 58.0 Å². The van der Waals surface area contributed by atoms with Gasteiger partial charge in [0.05, 0.1) is 6.67 Å². The van der Waals surface area contributed by atoms with Gasteiger partial charge in [0.2, 0.25) is 5.91 Å². The van der Waals surface area contributed by atoms with E-state index in [9.17, 15) is 9.18 Å². The Morgan fingerprint density at radius 2 is 1.75 bits per heavy atom. The predicted molar refractivity (Wildman–Crippen MR) is 132 cm³/mol. The van der Waals surface area contributed by atoms with Crippen LogP contribution in [-0.2, 0) is 10.2 Å². The molecule has 4 heteroatoms. The second kappa shape index (κ2) is 10.2. The summed E-state index contributed by atoms with van der Waals surface area (Å²) in [5.74, 6) is 0.577. The second-order valence-electron chi connectivity index (χ2n) is 11.7. The summed E-state index contributed by atoms with van der Waals surface area (Å²) in [6, 6.07) is 10.7. The van der Waals surface area contributed by atoms with Crippen molar-refractivity contribution in [2.75, 3.05) is 26.3 Å². The third kappa shape index (κ3) is 5.55. The quantitative estimate of drug-likeness (QED) is 0.471. The van der Waals surface area contributed by atoms with Crippen LogP contribution < -0.4 is 5.32 Å². The highest BCUT2D eigenvalue weighted by atomic mass is 19.1. The van der Waals surface area contributed by atoms with E-state index in [-0.39, 0.29) is 29.5 Å². The number of hydrogen-bond donors (Lipinski definition) is 1. The van der Waals surface area contributed by atoms with Crippen LogP contribution in [0.4, 0.5) is 4.39 Å². The number of nitrogens with one attached hydrogen (secondary N) is 1. The lowest BCUT2D eigenvalue weighted by atomic mass is 9.47. The Labute approximate surface area is 195 Å². The smallest absolute Gasteiger partial charge is 0.226 e. The lowest BCUT2D eigenvalue weighted by Gasteiger charge is -2.57. The molecule has 2 aliphatic carbocycles. The van der Waals surface area contributed by atoms with Crippen LogP contribution in [0.1, 0.15) is 85.1 Å². The summed E-state index contributed by atoms with van der Waals surface area (Å²) in [5, 5.41) is 3.38. The van der Waals surface area contributed by atoms with E-state index in [4.69, 9.17) is 0 Å². The summed E-state index contributed by atoms with van der Waals surface area (Å²) in [4.78, 5) is 16.1. The highest BCUT2D eigenvalue weighted by Gasteiger charge is 2.56. The van der Waals surface area contributed by atoms with Crippen LogP contribution in [0.25, 0.3) is 0 Å². The van der Waals surface area contributed by atoms with Gasteiger partial charge in [0.15, 0.2) is 0 Å². The van der Waals surface area contributed by atoms with Crippen molar-refractivity contribution in [3.8, 4) is 0 Å². The van der Waals surface area contributed by atoms with E-state index in [1.807, 2.05) is 6.07 Å². The van der Waals surface area contributed by atoms with Gasteiger partial charge in [-0.15, -0.1) is 0 Å². The molecule has 2 fully saturated rings. The number of alkyl halides is 1. The Bertz CT molecular complexity index is 749. The molecule has 2 saturated carbocycles. The summed E-state index contributed by atoms with van der Waals surface area (Å²) < 4.78 is 14.1. The lowest BCUT2D eigenvalue weighted by Crippen LogP contribution is -2.56. The van der Waals surface area contributed by atoms with Crippen molar-refractivity contribution in [3.63, 3.8) is 0 Å². The van der Waals surface area contributed by atoms with Crippen molar-refractivity contribution in [2.45, 2.75) is 91.0 Å². The molecule has 4 unspecified atom stereocenters. The van der Waals surface area contributed by atoms with Gasteiger partial charge in [-0.05, 0) is 87.3 Å². The summed E-state index contributed by atoms with van der Waals surface area (Å²) in [5.41, 5.74) is 0.471. The molecular formula is C28H45FN2O. The van der Waals surface area contributed by atoms with E-state index in [1.165, 1.54) is 5.56 Å². The van der Waals surface area contributed by atoms with Gasteiger partial charge in [-0.25, -0.2) is 0 Å². The van der Waals surface area contributed by atoms with E-state index >= 15 is 0 Å². The van der Waals surface area contributed by atoms with E-state index < -0.39 is 5.41 Å². The minimum absolute atomic E-state index is 0.116. The first kappa shape index (κ1) is 25.2. The third-order valence-electron chi connectivity index (χ3n) is 7.94. The minimum atomic E-state index is -0.412. The molecular weight excluding hydrogens is 399 g/mol. The maximum Gasteiger partial charge on any atom is 0.226 e. The Hall–Kier alpha value is -1.42. The molecule has 3 nitrogen and oxygen atoms in total. The van der Waals surface area contributed by atoms with Gasteiger partial charge in [-0.2, -0.15) is 0 Å². The maximum absolute atomic E-state index is 14.1. The molecule has 0 aromatic heterocycles. The van der Waals surface area contributed by atoms with Gasteiger partial charge >= 0.3 is 0 Å². The van der Waals surface area contributed by atoms with Gasteiger partial charge in [-0.3, -0.25) is 9.18 Å². The Kier molecular flexibility index (Phi) is 8.06. The summed E-state index contributed by atoms with van der Waals surface area (Å²) in [6.45, 7) is 13.6. The average molecular weight is 445 g/mol. The van der Waals surface area contributed by atoms with E-state index in [1.54, 1.807) is 0 Å².